The SMILES string of the molecule is COc1ccc(CN(C)S(=O)(=O)c2cccc(C(F)(F)F)c2)cc1. The molecule has 4 nitrogen and oxygen atoms in total. The predicted molar refractivity (Wildman–Crippen MR) is 83.1 cm³/mol. The minimum atomic E-state index is -4.60. The van der Waals surface area contributed by atoms with Crippen molar-refractivity contribution in [2.45, 2.75) is 17.6 Å². The molecule has 0 aliphatic rings. The molecule has 0 radical (unpaired) electrons. The maximum atomic E-state index is 12.8. The zero-order valence-electron chi connectivity index (χ0n) is 13.0. The van der Waals surface area contributed by atoms with E-state index < -0.39 is 26.7 Å². The Kier molecular flexibility index (Phi) is 5.19. The Balaban J connectivity index is 2.25. The molecule has 24 heavy (non-hydrogen) atoms. The summed E-state index contributed by atoms with van der Waals surface area (Å²) in [6.45, 7) is 0.0303. The molecule has 0 saturated carbocycles. The van der Waals surface area contributed by atoms with E-state index in [0.29, 0.717) is 17.4 Å². The molecule has 0 atom stereocenters. The topological polar surface area (TPSA) is 46.6 Å². The lowest BCUT2D eigenvalue weighted by molar-refractivity contribution is -0.137. The number of ether oxygens (including phenoxy) is 1. The van der Waals surface area contributed by atoms with Crippen LogP contribution in [-0.4, -0.2) is 26.9 Å². The molecular weight excluding hydrogens is 343 g/mol. The molecule has 130 valence electrons. The third kappa shape index (κ3) is 4.07. The van der Waals surface area contributed by atoms with Crippen molar-refractivity contribution in [2.24, 2.45) is 0 Å². The van der Waals surface area contributed by atoms with E-state index in [-0.39, 0.29) is 6.54 Å². The van der Waals surface area contributed by atoms with Crippen LogP contribution in [0, 0.1) is 0 Å². The van der Waals surface area contributed by atoms with Gasteiger partial charge in [-0.05, 0) is 35.9 Å². The number of benzene rings is 2. The molecule has 0 saturated heterocycles. The smallest absolute Gasteiger partial charge is 0.416 e. The van der Waals surface area contributed by atoms with Crippen LogP contribution >= 0.6 is 0 Å². The van der Waals surface area contributed by atoms with Crippen LogP contribution in [0.4, 0.5) is 13.2 Å². The number of sulfonamides is 1. The fourth-order valence-electron chi connectivity index (χ4n) is 2.09. The van der Waals surface area contributed by atoms with Gasteiger partial charge in [0.1, 0.15) is 5.75 Å². The molecule has 0 bridgehead atoms. The summed E-state index contributed by atoms with van der Waals surface area (Å²) in [7, 11) is -1.20. The Morgan fingerprint density at radius 2 is 1.71 bits per heavy atom. The zero-order valence-corrected chi connectivity index (χ0v) is 13.9. The van der Waals surface area contributed by atoms with Gasteiger partial charge in [-0.25, -0.2) is 8.42 Å². The zero-order chi connectivity index (χ0) is 18.0. The minimum Gasteiger partial charge on any atom is -0.497 e. The second kappa shape index (κ2) is 6.82. The Hall–Kier alpha value is -2.06. The number of hydrogen-bond acceptors (Lipinski definition) is 3. The third-order valence-corrected chi connectivity index (χ3v) is 5.23. The van der Waals surface area contributed by atoms with Crippen molar-refractivity contribution in [2.75, 3.05) is 14.2 Å². The molecule has 0 heterocycles. The lowest BCUT2D eigenvalue weighted by Gasteiger charge is -2.18. The number of alkyl halides is 3. The molecule has 0 N–H and O–H groups in total. The van der Waals surface area contributed by atoms with E-state index >= 15 is 0 Å². The Bertz CT molecular complexity index is 802. The van der Waals surface area contributed by atoms with E-state index in [1.54, 1.807) is 24.3 Å². The third-order valence-electron chi connectivity index (χ3n) is 3.43. The highest BCUT2D eigenvalue weighted by Crippen LogP contribution is 2.31. The molecule has 2 rings (SSSR count). The Morgan fingerprint density at radius 1 is 1.08 bits per heavy atom. The molecule has 0 unspecified atom stereocenters. The van der Waals surface area contributed by atoms with Gasteiger partial charge in [0.2, 0.25) is 10.0 Å². The molecule has 2 aromatic rings. The average Bonchev–Trinajstić information content (AvgIpc) is 2.55. The summed E-state index contributed by atoms with van der Waals surface area (Å²) in [5, 5.41) is 0. The van der Waals surface area contributed by atoms with Crippen LogP contribution < -0.4 is 4.74 Å². The first kappa shape index (κ1) is 18.3. The summed E-state index contributed by atoms with van der Waals surface area (Å²) in [6.07, 6.45) is -4.60. The van der Waals surface area contributed by atoms with E-state index in [9.17, 15) is 21.6 Å². The van der Waals surface area contributed by atoms with Crippen LogP contribution in [-0.2, 0) is 22.7 Å². The van der Waals surface area contributed by atoms with Crippen LogP contribution in [0.5, 0.6) is 5.75 Å². The second-order valence-electron chi connectivity index (χ2n) is 5.13. The normalized spacial score (nSPS) is 12.4. The highest BCUT2D eigenvalue weighted by Gasteiger charge is 2.32. The van der Waals surface area contributed by atoms with Gasteiger partial charge >= 0.3 is 6.18 Å². The van der Waals surface area contributed by atoms with E-state index in [4.69, 9.17) is 4.74 Å². The van der Waals surface area contributed by atoms with Crippen molar-refractivity contribution in [1.82, 2.24) is 4.31 Å². The van der Waals surface area contributed by atoms with Crippen molar-refractivity contribution >= 4 is 10.0 Å². The van der Waals surface area contributed by atoms with Crippen molar-refractivity contribution in [3.63, 3.8) is 0 Å². The number of nitrogens with zero attached hydrogens (tertiary/aromatic N) is 1. The molecule has 0 amide bonds. The van der Waals surface area contributed by atoms with E-state index in [0.717, 1.165) is 22.5 Å². The van der Waals surface area contributed by atoms with Crippen LogP contribution in [0.1, 0.15) is 11.1 Å². The number of hydrogen-bond donors (Lipinski definition) is 0. The molecule has 0 aliphatic carbocycles. The monoisotopic (exact) mass is 359 g/mol. The summed E-state index contributed by atoms with van der Waals surface area (Å²) in [5.74, 6) is 0.627. The lowest BCUT2D eigenvalue weighted by atomic mass is 10.2. The quantitative estimate of drug-likeness (QED) is 0.820. The fraction of sp³-hybridized carbons (Fsp3) is 0.250. The van der Waals surface area contributed by atoms with Gasteiger partial charge in [-0.2, -0.15) is 17.5 Å². The number of methoxy groups -OCH3 is 1. The lowest BCUT2D eigenvalue weighted by Crippen LogP contribution is -2.26. The fourth-order valence-corrected chi connectivity index (χ4v) is 3.29. The van der Waals surface area contributed by atoms with Crippen molar-refractivity contribution in [1.29, 1.82) is 0 Å². The van der Waals surface area contributed by atoms with Crippen LogP contribution in [0.15, 0.2) is 53.4 Å². The van der Waals surface area contributed by atoms with Crippen molar-refractivity contribution < 1.29 is 26.3 Å². The molecule has 2 aromatic carbocycles. The minimum absolute atomic E-state index is 0.0303. The maximum Gasteiger partial charge on any atom is 0.416 e. The molecule has 0 aromatic heterocycles. The standard InChI is InChI=1S/C16H16F3NO3S/c1-20(11-12-6-8-14(23-2)9-7-12)24(21,22)15-5-3-4-13(10-15)16(17,18)19/h3-10H,11H2,1-2H3. The maximum absolute atomic E-state index is 12.8. The summed E-state index contributed by atoms with van der Waals surface area (Å²) in [6, 6.07) is 10.4. The first-order chi connectivity index (χ1) is 11.1. The van der Waals surface area contributed by atoms with Gasteiger partial charge in [-0.1, -0.05) is 18.2 Å². The predicted octanol–water partition coefficient (Wildman–Crippen LogP) is 3.53. The Labute approximate surface area is 138 Å². The van der Waals surface area contributed by atoms with Gasteiger partial charge < -0.3 is 4.74 Å². The van der Waals surface area contributed by atoms with E-state index in [1.165, 1.54) is 14.2 Å². The largest absolute Gasteiger partial charge is 0.497 e. The van der Waals surface area contributed by atoms with Gasteiger partial charge in [0.15, 0.2) is 0 Å². The van der Waals surface area contributed by atoms with E-state index in [2.05, 4.69) is 0 Å². The van der Waals surface area contributed by atoms with Crippen LogP contribution in [0.3, 0.4) is 0 Å². The van der Waals surface area contributed by atoms with Gasteiger partial charge in [0, 0.05) is 13.6 Å². The highest BCUT2D eigenvalue weighted by atomic mass is 32.2. The molecule has 8 heteroatoms. The van der Waals surface area contributed by atoms with Gasteiger partial charge in [0.25, 0.3) is 0 Å². The summed E-state index contributed by atoms with van der Waals surface area (Å²) in [5.41, 5.74) is -0.310. The van der Waals surface area contributed by atoms with Gasteiger partial charge in [-0.3, -0.25) is 0 Å². The molecule has 0 fully saturated rings. The molecule has 0 aliphatic heterocycles. The average molecular weight is 359 g/mol. The van der Waals surface area contributed by atoms with Crippen molar-refractivity contribution in [3.8, 4) is 5.75 Å². The molecular formula is C16H16F3NO3S. The highest BCUT2D eigenvalue weighted by molar-refractivity contribution is 7.89. The van der Waals surface area contributed by atoms with Gasteiger partial charge in [0.05, 0.1) is 17.6 Å². The van der Waals surface area contributed by atoms with E-state index in [1.807, 2.05) is 0 Å². The number of halogens is 3. The van der Waals surface area contributed by atoms with Crippen LogP contribution in [0.2, 0.25) is 0 Å². The van der Waals surface area contributed by atoms with Crippen LogP contribution in [0.25, 0.3) is 0 Å². The summed E-state index contributed by atoms with van der Waals surface area (Å²) >= 11 is 0. The first-order valence-electron chi connectivity index (χ1n) is 6.91. The first-order valence-corrected chi connectivity index (χ1v) is 8.35. The Morgan fingerprint density at radius 3 is 2.25 bits per heavy atom. The van der Waals surface area contributed by atoms with Crippen molar-refractivity contribution in [3.05, 3.63) is 59.7 Å². The summed E-state index contributed by atoms with van der Waals surface area (Å²) < 4.78 is 69.2. The second-order valence-corrected chi connectivity index (χ2v) is 7.18. The van der Waals surface area contributed by atoms with Gasteiger partial charge in [-0.15, -0.1) is 0 Å². The summed E-state index contributed by atoms with van der Waals surface area (Å²) in [4.78, 5) is -0.395. The molecule has 0 spiro atoms. The number of rotatable bonds is 5.